The van der Waals surface area contributed by atoms with Crippen molar-refractivity contribution >= 4 is 33.3 Å². The number of aromatic amines is 1. The minimum absolute atomic E-state index is 0.146. The predicted octanol–water partition coefficient (Wildman–Crippen LogP) is 3.34. The van der Waals surface area contributed by atoms with E-state index in [2.05, 4.69) is 20.1 Å². The van der Waals surface area contributed by atoms with E-state index in [9.17, 15) is 4.79 Å². The molecular formula is C17H14N4O4S2. The standard InChI is InChI=1S/C17H14N4O4S2/c1-23-10-5-9(6-11(7-10)24-2)15-19-13(25-21-15)8-27-17-18-12-3-4-26-14(12)16(22)20-17/h3-7H,8H2,1-2H3,(H,18,20,22). The molecule has 0 fully saturated rings. The fourth-order valence-electron chi connectivity index (χ4n) is 2.42. The van der Waals surface area contributed by atoms with Crippen LogP contribution in [0.3, 0.4) is 0 Å². The van der Waals surface area contributed by atoms with Crippen LogP contribution in [-0.4, -0.2) is 34.3 Å². The molecule has 0 atom stereocenters. The van der Waals surface area contributed by atoms with Crippen molar-refractivity contribution in [3.63, 3.8) is 0 Å². The van der Waals surface area contributed by atoms with Crippen molar-refractivity contribution in [2.24, 2.45) is 0 Å². The highest BCUT2D eigenvalue weighted by Gasteiger charge is 2.13. The number of rotatable bonds is 6. The highest BCUT2D eigenvalue weighted by atomic mass is 32.2. The molecule has 0 unspecified atom stereocenters. The number of fused-ring (bicyclic) bond motifs is 1. The minimum Gasteiger partial charge on any atom is -0.497 e. The van der Waals surface area contributed by atoms with Crippen LogP contribution in [0.4, 0.5) is 0 Å². The molecule has 4 rings (SSSR count). The lowest BCUT2D eigenvalue weighted by atomic mass is 10.2. The summed E-state index contributed by atoms with van der Waals surface area (Å²) in [5.41, 5.74) is 1.26. The molecule has 1 aromatic carbocycles. The molecule has 0 amide bonds. The van der Waals surface area contributed by atoms with E-state index >= 15 is 0 Å². The van der Waals surface area contributed by atoms with Crippen LogP contribution in [0.15, 0.2) is 44.1 Å². The van der Waals surface area contributed by atoms with E-state index < -0.39 is 0 Å². The van der Waals surface area contributed by atoms with Crippen LogP contribution in [0.1, 0.15) is 5.89 Å². The van der Waals surface area contributed by atoms with Gasteiger partial charge in [0.2, 0.25) is 11.7 Å². The number of H-pyrrole nitrogens is 1. The SMILES string of the molecule is COc1cc(OC)cc(-c2noc(CSc3nc4ccsc4c(=O)[nH]3)n2)c1. The Morgan fingerprint density at radius 2 is 1.96 bits per heavy atom. The van der Waals surface area contributed by atoms with Crippen LogP contribution in [-0.2, 0) is 5.75 Å². The largest absolute Gasteiger partial charge is 0.497 e. The van der Waals surface area contributed by atoms with Gasteiger partial charge in [-0.1, -0.05) is 16.9 Å². The maximum absolute atomic E-state index is 12.0. The van der Waals surface area contributed by atoms with E-state index in [1.807, 2.05) is 11.4 Å². The highest BCUT2D eigenvalue weighted by molar-refractivity contribution is 7.98. The summed E-state index contributed by atoms with van der Waals surface area (Å²) in [6, 6.07) is 7.19. The first-order chi connectivity index (χ1) is 13.2. The summed E-state index contributed by atoms with van der Waals surface area (Å²) in [5, 5.41) is 6.36. The number of nitrogens with zero attached hydrogens (tertiary/aromatic N) is 3. The topological polar surface area (TPSA) is 103 Å². The quantitative estimate of drug-likeness (QED) is 0.387. The normalized spacial score (nSPS) is 11.0. The summed E-state index contributed by atoms with van der Waals surface area (Å²) in [7, 11) is 3.16. The van der Waals surface area contributed by atoms with Gasteiger partial charge in [0, 0.05) is 11.6 Å². The van der Waals surface area contributed by atoms with E-state index in [4.69, 9.17) is 14.0 Å². The predicted molar refractivity (Wildman–Crippen MR) is 103 cm³/mol. The molecule has 0 saturated carbocycles. The molecule has 1 N–H and O–H groups in total. The number of thioether (sulfide) groups is 1. The third-order valence-electron chi connectivity index (χ3n) is 3.70. The molecule has 0 aliphatic heterocycles. The smallest absolute Gasteiger partial charge is 0.269 e. The Hall–Kier alpha value is -2.85. The molecule has 0 spiro atoms. The average Bonchev–Trinajstić information content (AvgIpc) is 3.35. The van der Waals surface area contributed by atoms with Crippen molar-refractivity contribution in [2.45, 2.75) is 10.9 Å². The van der Waals surface area contributed by atoms with Gasteiger partial charge in [-0.05, 0) is 23.6 Å². The van der Waals surface area contributed by atoms with Crippen molar-refractivity contribution in [1.29, 1.82) is 0 Å². The molecule has 0 bridgehead atoms. The van der Waals surface area contributed by atoms with Gasteiger partial charge in [-0.2, -0.15) is 4.98 Å². The van der Waals surface area contributed by atoms with Crippen LogP contribution < -0.4 is 15.0 Å². The summed E-state index contributed by atoms with van der Waals surface area (Å²) in [6.07, 6.45) is 0. The first kappa shape index (κ1) is 17.6. The van der Waals surface area contributed by atoms with Crippen LogP contribution in [0.25, 0.3) is 21.6 Å². The number of thiophene rings is 1. The van der Waals surface area contributed by atoms with Crippen molar-refractivity contribution < 1.29 is 14.0 Å². The second-order valence-electron chi connectivity index (χ2n) is 5.41. The summed E-state index contributed by atoms with van der Waals surface area (Å²) in [5.74, 6) is 2.50. The fraction of sp³-hybridized carbons (Fsp3) is 0.176. The van der Waals surface area contributed by atoms with E-state index in [0.717, 1.165) is 5.56 Å². The van der Waals surface area contributed by atoms with Gasteiger partial charge in [-0.15, -0.1) is 11.3 Å². The van der Waals surface area contributed by atoms with Gasteiger partial charge >= 0.3 is 0 Å². The number of methoxy groups -OCH3 is 2. The van der Waals surface area contributed by atoms with Crippen molar-refractivity contribution in [3.05, 3.63) is 45.9 Å². The molecule has 138 valence electrons. The molecule has 4 aromatic rings. The number of benzene rings is 1. The molecule has 0 aliphatic carbocycles. The molecule has 0 radical (unpaired) electrons. The number of nitrogens with one attached hydrogen (secondary N) is 1. The monoisotopic (exact) mass is 402 g/mol. The first-order valence-corrected chi connectivity index (χ1v) is 9.69. The zero-order valence-electron chi connectivity index (χ0n) is 14.4. The van der Waals surface area contributed by atoms with Crippen molar-refractivity contribution in [1.82, 2.24) is 20.1 Å². The van der Waals surface area contributed by atoms with Gasteiger partial charge in [0.25, 0.3) is 5.56 Å². The van der Waals surface area contributed by atoms with Crippen LogP contribution in [0.5, 0.6) is 11.5 Å². The van der Waals surface area contributed by atoms with Gasteiger partial charge in [0.1, 0.15) is 16.2 Å². The second kappa shape index (κ2) is 7.41. The Balaban J connectivity index is 1.53. The van der Waals surface area contributed by atoms with E-state index in [1.165, 1.54) is 23.1 Å². The lowest BCUT2D eigenvalue weighted by molar-refractivity contribution is 0.390. The number of hydrogen-bond acceptors (Lipinski definition) is 9. The lowest BCUT2D eigenvalue weighted by Crippen LogP contribution is -2.07. The molecule has 27 heavy (non-hydrogen) atoms. The Bertz CT molecular complexity index is 1130. The third kappa shape index (κ3) is 3.67. The van der Waals surface area contributed by atoms with Crippen molar-refractivity contribution in [3.8, 4) is 22.9 Å². The van der Waals surface area contributed by atoms with Crippen LogP contribution >= 0.6 is 23.1 Å². The molecular weight excluding hydrogens is 388 g/mol. The molecule has 0 aliphatic rings. The number of ether oxygens (including phenoxy) is 2. The molecule has 3 heterocycles. The number of aromatic nitrogens is 4. The lowest BCUT2D eigenvalue weighted by Gasteiger charge is -2.05. The maximum atomic E-state index is 12.0. The first-order valence-electron chi connectivity index (χ1n) is 7.82. The van der Waals surface area contributed by atoms with Gasteiger partial charge in [-0.3, -0.25) is 4.79 Å². The van der Waals surface area contributed by atoms with Gasteiger partial charge in [-0.25, -0.2) is 4.98 Å². The summed E-state index contributed by atoms with van der Waals surface area (Å²) < 4.78 is 16.4. The zero-order chi connectivity index (χ0) is 18.8. The Kier molecular flexibility index (Phi) is 4.82. The van der Waals surface area contributed by atoms with Crippen molar-refractivity contribution in [2.75, 3.05) is 14.2 Å². The van der Waals surface area contributed by atoms with E-state index in [-0.39, 0.29) is 5.56 Å². The molecule has 8 nitrogen and oxygen atoms in total. The molecule has 10 heteroatoms. The summed E-state index contributed by atoms with van der Waals surface area (Å²) >= 11 is 2.69. The Morgan fingerprint density at radius 1 is 1.19 bits per heavy atom. The van der Waals surface area contributed by atoms with E-state index in [1.54, 1.807) is 32.4 Å². The summed E-state index contributed by atoms with van der Waals surface area (Å²) in [6.45, 7) is 0. The average molecular weight is 402 g/mol. The Labute approximate surface area is 161 Å². The van der Waals surface area contributed by atoms with E-state index in [0.29, 0.717) is 44.3 Å². The third-order valence-corrected chi connectivity index (χ3v) is 5.46. The maximum Gasteiger partial charge on any atom is 0.269 e. The minimum atomic E-state index is -0.146. The van der Waals surface area contributed by atoms with Gasteiger partial charge < -0.3 is 19.0 Å². The molecule has 0 saturated heterocycles. The van der Waals surface area contributed by atoms with Crippen LogP contribution in [0.2, 0.25) is 0 Å². The van der Waals surface area contributed by atoms with Crippen LogP contribution in [0, 0.1) is 0 Å². The number of hydrogen-bond donors (Lipinski definition) is 1. The Morgan fingerprint density at radius 3 is 2.70 bits per heavy atom. The van der Waals surface area contributed by atoms with Gasteiger partial charge in [0.05, 0.1) is 25.5 Å². The molecule has 3 aromatic heterocycles. The summed E-state index contributed by atoms with van der Waals surface area (Å²) in [4.78, 5) is 23.6. The zero-order valence-corrected chi connectivity index (χ0v) is 16.0. The fourth-order valence-corrected chi connectivity index (χ4v) is 3.85. The van der Waals surface area contributed by atoms with Gasteiger partial charge in [0.15, 0.2) is 5.16 Å². The highest BCUT2D eigenvalue weighted by Crippen LogP contribution is 2.29. The second-order valence-corrected chi connectivity index (χ2v) is 7.29.